The molecule has 0 amide bonds. The Morgan fingerprint density at radius 1 is 1.05 bits per heavy atom. The van der Waals surface area contributed by atoms with Crippen LogP contribution in [0.25, 0.3) is 26.0 Å². The Labute approximate surface area is 123 Å². The zero-order valence-electron chi connectivity index (χ0n) is 10.9. The van der Waals surface area contributed by atoms with Gasteiger partial charge in [-0.15, -0.1) is 11.3 Å². The van der Waals surface area contributed by atoms with Crippen molar-refractivity contribution in [1.29, 1.82) is 0 Å². The first-order chi connectivity index (χ1) is 10.2. The van der Waals surface area contributed by atoms with Crippen LogP contribution in [0.4, 0.5) is 0 Å². The molecule has 0 radical (unpaired) electrons. The molecule has 5 heteroatoms. The Balaban J connectivity index is 2.04. The van der Waals surface area contributed by atoms with Crippen LogP contribution in [0.2, 0.25) is 0 Å². The lowest BCUT2D eigenvalue weighted by Crippen LogP contribution is -2.17. The van der Waals surface area contributed by atoms with Gasteiger partial charge < -0.3 is 5.11 Å². The summed E-state index contributed by atoms with van der Waals surface area (Å²) in [4.78, 5) is 17.1. The van der Waals surface area contributed by atoms with E-state index in [4.69, 9.17) is 0 Å². The molecule has 2 heterocycles. The third kappa shape index (κ3) is 1.82. The summed E-state index contributed by atoms with van der Waals surface area (Å²) in [5, 5.41) is 10.3. The van der Waals surface area contributed by atoms with Crippen molar-refractivity contribution in [2.75, 3.05) is 0 Å². The fourth-order valence-electron chi connectivity index (χ4n) is 2.38. The normalized spacial score (nSPS) is 11.2. The van der Waals surface area contributed by atoms with E-state index in [9.17, 15) is 9.90 Å². The van der Waals surface area contributed by atoms with Gasteiger partial charge in [0, 0.05) is 10.1 Å². The van der Waals surface area contributed by atoms with Crippen molar-refractivity contribution in [2.45, 2.75) is 0 Å². The van der Waals surface area contributed by atoms with Gasteiger partial charge in [0.05, 0.1) is 11.2 Å². The molecular formula is C16H10N2O2S. The van der Waals surface area contributed by atoms with Gasteiger partial charge in [-0.2, -0.15) is 0 Å². The largest absolute Gasteiger partial charge is 0.508 e. The molecule has 0 bridgehead atoms. The van der Waals surface area contributed by atoms with E-state index in [0.29, 0.717) is 10.4 Å². The van der Waals surface area contributed by atoms with Crippen LogP contribution in [-0.4, -0.2) is 14.7 Å². The minimum Gasteiger partial charge on any atom is -0.508 e. The third-order valence-corrected chi connectivity index (χ3v) is 4.56. The summed E-state index contributed by atoms with van der Waals surface area (Å²) in [6, 6.07) is 14.4. The number of aromatic nitrogens is 2. The van der Waals surface area contributed by atoms with Crippen molar-refractivity contribution in [1.82, 2.24) is 9.55 Å². The number of phenols is 1. The lowest BCUT2D eigenvalue weighted by Gasteiger charge is -2.04. The van der Waals surface area contributed by atoms with E-state index in [-0.39, 0.29) is 11.3 Å². The zero-order valence-corrected chi connectivity index (χ0v) is 11.7. The predicted octanol–water partition coefficient (Wildman–Crippen LogP) is 3.31. The van der Waals surface area contributed by atoms with E-state index >= 15 is 0 Å². The molecule has 0 aliphatic rings. The van der Waals surface area contributed by atoms with Crippen LogP contribution >= 0.6 is 11.3 Å². The first kappa shape index (κ1) is 12.1. The minimum atomic E-state index is -0.0908. The van der Waals surface area contributed by atoms with Crippen molar-refractivity contribution in [2.24, 2.45) is 0 Å². The van der Waals surface area contributed by atoms with E-state index in [1.807, 2.05) is 24.3 Å². The van der Waals surface area contributed by atoms with Gasteiger partial charge in [0.15, 0.2) is 0 Å². The molecule has 0 spiro atoms. The van der Waals surface area contributed by atoms with Gasteiger partial charge in [0.25, 0.3) is 5.56 Å². The van der Waals surface area contributed by atoms with E-state index < -0.39 is 0 Å². The second-order valence-corrected chi connectivity index (χ2v) is 5.76. The molecule has 0 atom stereocenters. The highest BCUT2D eigenvalue weighted by Crippen LogP contribution is 2.30. The summed E-state index contributed by atoms with van der Waals surface area (Å²) in [5.74, 6) is 0.169. The Morgan fingerprint density at radius 2 is 1.81 bits per heavy atom. The van der Waals surface area contributed by atoms with Gasteiger partial charge >= 0.3 is 0 Å². The maximum absolute atomic E-state index is 12.7. The van der Waals surface area contributed by atoms with Crippen molar-refractivity contribution >= 4 is 31.6 Å². The Morgan fingerprint density at radius 3 is 2.62 bits per heavy atom. The SMILES string of the molecule is O=c1c2sc3ccccc3c2ncn1-c1ccc(O)cc1. The summed E-state index contributed by atoms with van der Waals surface area (Å²) in [6.45, 7) is 0. The Hall–Kier alpha value is -2.66. The number of hydrogen-bond acceptors (Lipinski definition) is 4. The van der Waals surface area contributed by atoms with Gasteiger partial charge in [-0.3, -0.25) is 9.36 Å². The fourth-order valence-corrected chi connectivity index (χ4v) is 3.47. The van der Waals surface area contributed by atoms with Crippen molar-refractivity contribution in [3.63, 3.8) is 0 Å². The average Bonchev–Trinajstić information content (AvgIpc) is 2.89. The molecule has 0 aliphatic heterocycles. The highest BCUT2D eigenvalue weighted by atomic mass is 32.1. The number of benzene rings is 2. The summed E-state index contributed by atoms with van der Waals surface area (Å²) >= 11 is 1.46. The smallest absolute Gasteiger partial charge is 0.275 e. The standard InChI is InChI=1S/C16H10N2O2S/c19-11-7-5-10(6-8-11)18-9-17-14-12-3-1-2-4-13(12)21-15(14)16(18)20/h1-9,19H. The molecule has 4 nitrogen and oxygen atoms in total. The quantitative estimate of drug-likeness (QED) is 0.586. The van der Waals surface area contributed by atoms with E-state index in [1.165, 1.54) is 22.2 Å². The number of aromatic hydroxyl groups is 1. The van der Waals surface area contributed by atoms with E-state index in [1.54, 1.807) is 24.3 Å². The Bertz CT molecular complexity index is 1020. The molecular weight excluding hydrogens is 284 g/mol. The third-order valence-electron chi connectivity index (χ3n) is 3.41. The first-order valence-electron chi connectivity index (χ1n) is 6.42. The highest BCUT2D eigenvalue weighted by Gasteiger charge is 2.11. The van der Waals surface area contributed by atoms with Crippen LogP contribution in [0.3, 0.4) is 0 Å². The van der Waals surface area contributed by atoms with Gasteiger partial charge in [0.2, 0.25) is 0 Å². The maximum Gasteiger partial charge on any atom is 0.275 e. The number of rotatable bonds is 1. The fraction of sp³-hybridized carbons (Fsp3) is 0. The van der Waals surface area contributed by atoms with Crippen LogP contribution in [0.1, 0.15) is 0 Å². The molecule has 0 saturated heterocycles. The second-order valence-electron chi connectivity index (χ2n) is 4.71. The first-order valence-corrected chi connectivity index (χ1v) is 7.24. The van der Waals surface area contributed by atoms with Gasteiger partial charge in [-0.1, -0.05) is 18.2 Å². The van der Waals surface area contributed by atoms with E-state index in [2.05, 4.69) is 4.98 Å². The van der Waals surface area contributed by atoms with Gasteiger partial charge in [-0.25, -0.2) is 4.98 Å². The molecule has 0 saturated carbocycles. The Kier molecular flexibility index (Phi) is 2.55. The lowest BCUT2D eigenvalue weighted by atomic mass is 10.2. The molecule has 4 aromatic rings. The van der Waals surface area contributed by atoms with Crippen molar-refractivity contribution in [3.8, 4) is 11.4 Å². The van der Waals surface area contributed by atoms with Crippen LogP contribution in [0.5, 0.6) is 5.75 Å². The van der Waals surface area contributed by atoms with Crippen LogP contribution in [-0.2, 0) is 0 Å². The van der Waals surface area contributed by atoms with Crippen LogP contribution < -0.4 is 5.56 Å². The molecule has 102 valence electrons. The number of hydrogen-bond donors (Lipinski definition) is 1. The average molecular weight is 294 g/mol. The van der Waals surface area contributed by atoms with Crippen LogP contribution in [0, 0.1) is 0 Å². The summed E-state index contributed by atoms with van der Waals surface area (Å²) in [5.41, 5.74) is 1.34. The summed E-state index contributed by atoms with van der Waals surface area (Å²) < 4.78 is 3.20. The summed E-state index contributed by atoms with van der Waals surface area (Å²) in [6.07, 6.45) is 1.54. The molecule has 0 aliphatic carbocycles. The van der Waals surface area contributed by atoms with Gasteiger partial charge in [0.1, 0.15) is 16.8 Å². The van der Waals surface area contributed by atoms with Crippen LogP contribution in [0.15, 0.2) is 59.7 Å². The second kappa shape index (κ2) is 4.43. The predicted molar refractivity (Wildman–Crippen MR) is 84.4 cm³/mol. The molecule has 2 aromatic heterocycles. The summed E-state index contributed by atoms with van der Waals surface area (Å²) in [7, 11) is 0. The topological polar surface area (TPSA) is 55.1 Å². The van der Waals surface area contributed by atoms with Crippen molar-refractivity contribution < 1.29 is 5.11 Å². The molecule has 1 N–H and O–H groups in total. The lowest BCUT2D eigenvalue weighted by molar-refractivity contribution is 0.475. The molecule has 0 unspecified atom stereocenters. The molecule has 4 rings (SSSR count). The molecule has 21 heavy (non-hydrogen) atoms. The molecule has 2 aromatic carbocycles. The number of nitrogens with zero attached hydrogens (tertiary/aromatic N) is 2. The maximum atomic E-state index is 12.7. The van der Waals surface area contributed by atoms with Gasteiger partial charge in [-0.05, 0) is 30.3 Å². The number of fused-ring (bicyclic) bond motifs is 3. The number of thiophene rings is 1. The van der Waals surface area contributed by atoms with E-state index in [0.717, 1.165) is 15.6 Å². The minimum absolute atomic E-state index is 0.0908. The zero-order chi connectivity index (χ0) is 14.4. The highest BCUT2D eigenvalue weighted by molar-refractivity contribution is 7.25. The van der Waals surface area contributed by atoms with Crippen molar-refractivity contribution in [3.05, 3.63) is 65.2 Å². The number of phenolic OH excluding ortho intramolecular Hbond substituents is 1. The molecule has 0 fully saturated rings. The monoisotopic (exact) mass is 294 g/mol.